The fourth-order valence-corrected chi connectivity index (χ4v) is 3.21. The number of methoxy groups -OCH3 is 2. The lowest BCUT2D eigenvalue weighted by atomic mass is 10.2. The molecule has 2 N–H and O–H groups in total. The Kier molecular flexibility index (Phi) is 11.1. The van der Waals surface area contributed by atoms with E-state index in [1.165, 1.54) is 5.56 Å². The molecule has 0 aromatic heterocycles. The average molecular weight is 519 g/mol. The number of guanidine groups is 1. The summed E-state index contributed by atoms with van der Waals surface area (Å²) in [5.74, 6) is 2.45. The first-order valence-corrected chi connectivity index (χ1v) is 9.56. The second-order valence-corrected chi connectivity index (χ2v) is 7.12. The van der Waals surface area contributed by atoms with Gasteiger partial charge >= 0.3 is 0 Å². The van der Waals surface area contributed by atoms with Gasteiger partial charge in [0.25, 0.3) is 0 Å². The minimum Gasteiger partial charge on any atom is -0.497 e. The molecule has 1 atom stereocenters. The lowest BCUT2D eigenvalue weighted by Crippen LogP contribution is -2.45. The number of carbonyl (C=O) groups is 1. The lowest BCUT2D eigenvalue weighted by molar-refractivity contribution is -0.128. The van der Waals surface area contributed by atoms with E-state index in [0.29, 0.717) is 19.0 Å². The van der Waals surface area contributed by atoms with Crippen molar-refractivity contribution in [2.45, 2.75) is 25.4 Å². The van der Waals surface area contributed by atoms with Gasteiger partial charge in [-0.1, -0.05) is 0 Å². The molecule has 1 unspecified atom stereocenters. The Hall–Kier alpha value is -1.75. The number of benzene rings is 1. The van der Waals surface area contributed by atoms with Crippen LogP contribution in [-0.4, -0.2) is 82.7 Å². The van der Waals surface area contributed by atoms with E-state index in [-0.39, 0.29) is 29.9 Å². The zero-order chi connectivity index (χ0) is 20.5. The maximum absolute atomic E-state index is 11.7. The van der Waals surface area contributed by atoms with Gasteiger partial charge < -0.3 is 25.0 Å². The molecule has 1 aliphatic rings. The number of nitrogens with zero attached hydrogens (tertiary/aromatic N) is 3. The van der Waals surface area contributed by atoms with Crippen molar-refractivity contribution in [1.29, 1.82) is 0 Å². The molecule has 9 heteroatoms. The van der Waals surface area contributed by atoms with E-state index in [2.05, 4.69) is 20.5 Å². The van der Waals surface area contributed by atoms with Gasteiger partial charge in [-0.3, -0.25) is 14.7 Å². The zero-order valence-electron chi connectivity index (χ0n) is 18.0. The van der Waals surface area contributed by atoms with Crippen molar-refractivity contribution in [3.63, 3.8) is 0 Å². The molecule has 1 aromatic carbocycles. The molecule has 164 valence electrons. The van der Waals surface area contributed by atoms with E-state index in [4.69, 9.17) is 9.47 Å². The van der Waals surface area contributed by atoms with Crippen molar-refractivity contribution >= 4 is 35.8 Å². The molecule has 0 spiro atoms. The van der Waals surface area contributed by atoms with Crippen molar-refractivity contribution in [2.75, 3.05) is 55.0 Å². The number of hydrogen-bond acceptors (Lipinski definition) is 5. The normalized spacial score (nSPS) is 16.7. The van der Waals surface area contributed by atoms with Crippen LogP contribution in [0.1, 0.15) is 18.4 Å². The third-order valence-corrected chi connectivity index (χ3v) is 4.78. The Bertz CT molecular complexity index is 662. The third-order valence-electron chi connectivity index (χ3n) is 4.78. The van der Waals surface area contributed by atoms with Gasteiger partial charge in [-0.2, -0.15) is 0 Å². The fraction of sp³-hybridized carbons (Fsp3) is 0.600. The molecule has 1 aliphatic heterocycles. The largest absolute Gasteiger partial charge is 0.497 e. The van der Waals surface area contributed by atoms with E-state index in [1.807, 2.05) is 18.2 Å². The standard InChI is InChI=1S/C20H33N5O3.HI/c1-21-20(22-8-6-19(26)24(2)3)23-16-7-9-25(14-16)13-15-10-17(27-4)12-18(11-15)28-5;/h10-12,16H,6-9,13-14H2,1-5H3,(H2,21,22,23);1H. The van der Waals surface area contributed by atoms with Crippen molar-refractivity contribution in [2.24, 2.45) is 4.99 Å². The van der Waals surface area contributed by atoms with Gasteiger partial charge in [-0.05, 0) is 24.1 Å². The smallest absolute Gasteiger partial charge is 0.223 e. The summed E-state index contributed by atoms with van der Waals surface area (Å²) in [7, 11) is 8.61. The van der Waals surface area contributed by atoms with Crippen molar-refractivity contribution in [3.8, 4) is 11.5 Å². The maximum Gasteiger partial charge on any atom is 0.223 e. The molecule has 1 heterocycles. The molecule has 0 radical (unpaired) electrons. The first-order valence-electron chi connectivity index (χ1n) is 9.56. The van der Waals surface area contributed by atoms with Crippen molar-refractivity contribution < 1.29 is 14.3 Å². The van der Waals surface area contributed by atoms with Gasteiger partial charge in [0.2, 0.25) is 5.91 Å². The lowest BCUT2D eigenvalue weighted by Gasteiger charge is -2.19. The molecule has 1 aromatic rings. The van der Waals surface area contributed by atoms with Crippen LogP contribution < -0.4 is 20.1 Å². The highest BCUT2D eigenvalue weighted by molar-refractivity contribution is 14.0. The molecule has 8 nitrogen and oxygen atoms in total. The highest BCUT2D eigenvalue weighted by Crippen LogP contribution is 2.24. The number of amides is 1. The minimum absolute atomic E-state index is 0. The SMILES string of the molecule is CN=C(NCCC(=O)N(C)C)NC1CCN(Cc2cc(OC)cc(OC)c2)C1.I. The van der Waals surface area contributed by atoms with Crippen molar-refractivity contribution in [3.05, 3.63) is 23.8 Å². The third kappa shape index (κ3) is 8.25. The molecule has 0 bridgehead atoms. The van der Waals surface area contributed by atoms with Crippen LogP contribution in [0.2, 0.25) is 0 Å². The second-order valence-electron chi connectivity index (χ2n) is 7.12. The van der Waals surface area contributed by atoms with E-state index in [1.54, 1.807) is 40.3 Å². The predicted molar refractivity (Wildman–Crippen MR) is 126 cm³/mol. The molecule has 2 rings (SSSR count). The van der Waals surface area contributed by atoms with Crippen LogP contribution in [-0.2, 0) is 11.3 Å². The monoisotopic (exact) mass is 519 g/mol. The summed E-state index contributed by atoms with van der Waals surface area (Å²) in [6, 6.07) is 6.30. The van der Waals surface area contributed by atoms with Gasteiger partial charge in [0.15, 0.2) is 5.96 Å². The summed E-state index contributed by atoms with van der Waals surface area (Å²) < 4.78 is 10.7. The highest BCUT2D eigenvalue weighted by Gasteiger charge is 2.23. The average Bonchev–Trinajstić information content (AvgIpc) is 3.13. The molecule has 29 heavy (non-hydrogen) atoms. The van der Waals surface area contributed by atoms with Gasteiger partial charge in [0, 0.05) is 65.9 Å². The number of likely N-dealkylation sites (tertiary alicyclic amines) is 1. The van der Waals surface area contributed by atoms with Crippen LogP contribution in [0.4, 0.5) is 0 Å². The van der Waals surface area contributed by atoms with Gasteiger partial charge in [-0.15, -0.1) is 24.0 Å². The summed E-state index contributed by atoms with van der Waals surface area (Å²) in [5, 5.41) is 6.67. The van der Waals surface area contributed by atoms with Crippen LogP contribution in [0.5, 0.6) is 11.5 Å². The molecule has 1 saturated heterocycles. The van der Waals surface area contributed by atoms with Gasteiger partial charge in [0.1, 0.15) is 11.5 Å². The topological polar surface area (TPSA) is 78.4 Å². The van der Waals surface area contributed by atoms with E-state index in [9.17, 15) is 4.79 Å². The number of carbonyl (C=O) groups excluding carboxylic acids is 1. The predicted octanol–water partition coefficient (Wildman–Crippen LogP) is 1.54. The zero-order valence-corrected chi connectivity index (χ0v) is 20.4. The van der Waals surface area contributed by atoms with Crippen LogP contribution in [0, 0.1) is 0 Å². The van der Waals surface area contributed by atoms with E-state index < -0.39 is 0 Å². The Labute approximate surface area is 191 Å². The molecular formula is C20H34IN5O3. The fourth-order valence-electron chi connectivity index (χ4n) is 3.21. The Morgan fingerprint density at radius 2 is 1.90 bits per heavy atom. The highest BCUT2D eigenvalue weighted by atomic mass is 127. The van der Waals surface area contributed by atoms with Crippen LogP contribution in [0.25, 0.3) is 0 Å². The number of nitrogens with one attached hydrogen (secondary N) is 2. The van der Waals surface area contributed by atoms with Gasteiger partial charge in [-0.25, -0.2) is 0 Å². The summed E-state index contributed by atoms with van der Waals surface area (Å²) in [5.41, 5.74) is 1.17. The van der Waals surface area contributed by atoms with Crippen LogP contribution >= 0.6 is 24.0 Å². The summed E-state index contributed by atoms with van der Waals surface area (Å²) in [6.45, 7) is 3.34. The van der Waals surface area contributed by atoms with E-state index in [0.717, 1.165) is 43.5 Å². The number of aliphatic imine (C=N–C) groups is 1. The first kappa shape index (κ1) is 25.3. The molecule has 0 saturated carbocycles. The number of rotatable bonds is 8. The molecule has 1 fully saturated rings. The Morgan fingerprint density at radius 3 is 2.45 bits per heavy atom. The molecular weight excluding hydrogens is 485 g/mol. The number of halogens is 1. The van der Waals surface area contributed by atoms with Gasteiger partial charge in [0.05, 0.1) is 14.2 Å². The summed E-state index contributed by atoms with van der Waals surface area (Å²) in [4.78, 5) is 19.9. The quantitative estimate of drug-likeness (QED) is 0.308. The summed E-state index contributed by atoms with van der Waals surface area (Å²) in [6.07, 6.45) is 1.49. The minimum atomic E-state index is 0. The maximum atomic E-state index is 11.7. The van der Waals surface area contributed by atoms with E-state index >= 15 is 0 Å². The summed E-state index contributed by atoms with van der Waals surface area (Å²) >= 11 is 0. The number of ether oxygens (including phenoxy) is 2. The van der Waals surface area contributed by atoms with Crippen LogP contribution in [0.15, 0.2) is 23.2 Å². The Balaban J connectivity index is 0.00000420. The molecule has 0 aliphatic carbocycles. The van der Waals surface area contributed by atoms with Crippen LogP contribution in [0.3, 0.4) is 0 Å². The van der Waals surface area contributed by atoms with Crippen molar-refractivity contribution in [1.82, 2.24) is 20.4 Å². The Morgan fingerprint density at radius 1 is 1.24 bits per heavy atom. The first-order chi connectivity index (χ1) is 13.4. The molecule has 1 amide bonds. The number of hydrogen-bond donors (Lipinski definition) is 2. The second kappa shape index (κ2) is 12.7.